The van der Waals surface area contributed by atoms with Gasteiger partial charge in [0.2, 0.25) is 0 Å². The first-order valence-electron chi connectivity index (χ1n) is 6.17. The molecule has 16 heavy (non-hydrogen) atoms. The fourth-order valence-electron chi connectivity index (χ4n) is 4.93. The fourth-order valence-corrected chi connectivity index (χ4v) is 4.93. The predicted octanol–water partition coefficient (Wildman–Crippen LogP) is 0.581. The molecule has 4 aliphatic carbocycles. The summed E-state index contributed by atoms with van der Waals surface area (Å²) in [5.41, 5.74) is 7.09. The van der Waals surface area contributed by atoms with Crippen LogP contribution in [-0.4, -0.2) is 25.7 Å². The fraction of sp³-hybridized carbons (Fsp3) is 0.909. The van der Waals surface area contributed by atoms with Crippen LogP contribution in [0.1, 0.15) is 32.1 Å². The van der Waals surface area contributed by atoms with Crippen LogP contribution >= 0.6 is 0 Å². The van der Waals surface area contributed by atoms with Crippen molar-refractivity contribution >= 4 is 0 Å². The van der Waals surface area contributed by atoms with Crippen LogP contribution < -0.4 is 5.73 Å². The average molecular weight is 219 g/mol. The molecule has 4 atom stereocenters. The molecule has 5 nitrogen and oxygen atoms in total. The number of nitrogens with two attached hydrogens (primary N) is 1. The van der Waals surface area contributed by atoms with Gasteiger partial charge < -0.3 is 5.73 Å². The third kappa shape index (κ3) is 1.07. The van der Waals surface area contributed by atoms with E-state index in [4.69, 9.17) is 5.73 Å². The van der Waals surface area contributed by atoms with Gasteiger partial charge in [-0.3, -0.25) is 0 Å². The highest BCUT2D eigenvalue weighted by Crippen LogP contribution is 2.65. The zero-order valence-electron chi connectivity index (χ0n) is 9.34. The molecule has 0 saturated heterocycles. The summed E-state index contributed by atoms with van der Waals surface area (Å²) in [6, 6.07) is 0. The molecule has 1 aromatic heterocycles. The summed E-state index contributed by atoms with van der Waals surface area (Å²) >= 11 is 0. The Morgan fingerprint density at radius 2 is 2.31 bits per heavy atom. The molecule has 0 spiro atoms. The maximum absolute atomic E-state index is 6.54. The summed E-state index contributed by atoms with van der Waals surface area (Å²) in [5.74, 6) is 1.64. The van der Waals surface area contributed by atoms with Crippen LogP contribution in [0.3, 0.4) is 0 Å². The lowest BCUT2D eigenvalue weighted by Crippen LogP contribution is -2.43. The smallest absolute Gasteiger partial charge is 0.138 e. The third-order valence-corrected chi connectivity index (χ3v) is 5.09. The van der Waals surface area contributed by atoms with Crippen molar-refractivity contribution in [3.63, 3.8) is 0 Å². The van der Waals surface area contributed by atoms with Crippen molar-refractivity contribution in [2.45, 2.75) is 44.2 Å². The highest BCUT2D eigenvalue weighted by atomic mass is 15.5. The van der Waals surface area contributed by atoms with E-state index in [0.717, 1.165) is 18.4 Å². The van der Waals surface area contributed by atoms with Crippen LogP contribution in [0.25, 0.3) is 0 Å². The zero-order chi connectivity index (χ0) is 10.8. The standard InChI is InChI=1S/C11H17N5/c12-11-3-8-1-9(11)4-10(2-8,5-11)6-16-7-13-14-15-16/h7-9H,1-6,12H2. The molecule has 4 bridgehead atoms. The minimum absolute atomic E-state index is 0.150. The Morgan fingerprint density at radius 3 is 3.00 bits per heavy atom. The Bertz CT molecular complexity index is 416. The van der Waals surface area contributed by atoms with Crippen molar-refractivity contribution in [3.05, 3.63) is 6.33 Å². The van der Waals surface area contributed by atoms with Crippen LogP contribution in [0.4, 0.5) is 0 Å². The van der Waals surface area contributed by atoms with Crippen molar-refractivity contribution in [2.24, 2.45) is 23.0 Å². The van der Waals surface area contributed by atoms with Crippen molar-refractivity contribution in [2.75, 3.05) is 0 Å². The molecule has 0 aromatic carbocycles. The molecule has 1 heterocycles. The number of hydrogen-bond acceptors (Lipinski definition) is 4. The molecule has 0 radical (unpaired) electrons. The first-order valence-corrected chi connectivity index (χ1v) is 6.17. The summed E-state index contributed by atoms with van der Waals surface area (Å²) in [7, 11) is 0. The number of nitrogens with zero attached hydrogens (tertiary/aromatic N) is 4. The molecule has 2 N–H and O–H groups in total. The van der Waals surface area contributed by atoms with Crippen LogP contribution in [0, 0.1) is 17.3 Å². The summed E-state index contributed by atoms with van der Waals surface area (Å²) in [5, 5.41) is 11.4. The van der Waals surface area contributed by atoms with Gasteiger partial charge in [-0.1, -0.05) is 0 Å². The SMILES string of the molecule is NC12CC3CC1CC(Cn1cnnn1)(C3)C2. The Kier molecular flexibility index (Phi) is 1.50. The van der Waals surface area contributed by atoms with Crippen molar-refractivity contribution in [3.8, 4) is 0 Å². The minimum atomic E-state index is 0.150. The Labute approximate surface area is 94.4 Å². The summed E-state index contributed by atoms with van der Waals surface area (Å²) in [4.78, 5) is 0. The molecule has 0 aliphatic heterocycles. The Balaban J connectivity index is 1.65. The van der Waals surface area contributed by atoms with Crippen LogP contribution in [0.15, 0.2) is 6.33 Å². The average Bonchev–Trinajstić information content (AvgIpc) is 2.79. The normalized spacial score (nSPS) is 49.1. The van der Waals surface area contributed by atoms with E-state index in [0.29, 0.717) is 5.41 Å². The number of rotatable bonds is 2. The van der Waals surface area contributed by atoms with Crippen LogP contribution in [0.5, 0.6) is 0 Å². The number of tetrazole rings is 1. The molecule has 5 rings (SSSR count). The van der Waals surface area contributed by atoms with E-state index in [1.54, 1.807) is 6.33 Å². The van der Waals surface area contributed by atoms with Crippen LogP contribution in [-0.2, 0) is 6.54 Å². The van der Waals surface area contributed by atoms with Gasteiger partial charge in [-0.2, -0.15) is 0 Å². The van der Waals surface area contributed by atoms with E-state index in [1.165, 1.54) is 32.1 Å². The Hall–Kier alpha value is -0.970. The first kappa shape index (κ1) is 9.10. The second kappa shape index (κ2) is 2.64. The molecule has 1 aromatic rings. The van der Waals surface area contributed by atoms with Gasteiger partial charge in [-0.25, -0.2) is 4.68 Å². The van der Waals surface area contributed by atoms with E-state index in [-0.39, 0.29) is 5.54 Å². The highest BCUT2D eigenvalue weighted by molar-refractivity contribution is 5.16. The van der Waals surface area contributed by atoms with Crippen LogP contribution in [0.2, 0.25) is 0 Å². The maximum Gasteiger partial charge on any atom is 0.138 e. The van der Waals surface area contributed by atoms with Gasteiger partial charge >= 0.3 is 0 Å². The van der Waals surface area contributed by atoms with Gasteiger partial charge in [-0.15, -0.1) is 5.10 Å². The second-order valence-corrected chi connectivity index (χ2v) is 6.33. The maximum atomic E-state index is 6.54. The molecule has 5 heteroatoms. The largest absolute Gasteiger partial charge is 0.325 e. The topological polar surface area (TPSA) is 69.6 Å². The quantitative estimate of drug-likeness (QED) is 0.790. The van der Waals surface area contributed by atoms with Crippen molar-refractivity contribution in [1.82, 2.24) is 20.2 Å². The first-order chi connectivity index (χ1) is 7.68. The van der Waals surface area contributed by atoms with E-state index in [2.05, 4.69) is 15.5 Å². The number of hydrogen-bond donors (Lipinski definition) is 1. The lowest BCUT2D eigenvalue weighted by molar-refractivity contribution is 0.110. The molecule has 4 unspecified atom stereocenters. The lowest BCUT2D eigenvalue weighted by Gasteiger charge is -2.39. The lowest BCUT2D eigenvalue weighted by atomic mass is 9.69. The van der Waals surface area contributed by atoms with E-state index >= 15 is 0 Å². The second-order valence-electron chi connectivity index (χ2n) is 6.33. The van der Waals surface area contributed by atoms with Gasteiger partial charge in [0.05, 0.1) is 6.54 Å². The number of aromatic nitrogens is 4. The molecular weight excluding hydrogens is 202 g/mol. The van der Waals surface area contributed by atoms with Crippen molar-refractivity contribution < 1.29 is 0 Å². The summed E-state index contributed by atoms with van der Waals surface area (Å²) < 4.78 is 1.89. The monoisotopic (exact) mass is 219 g/mol. The summed E-state index contributed by atoms with van der Waals surface area (Å²) in [6.07, 6.45) is 8.16. The van der Waals surface area contributed by atoms with Gasteiger partial charge in [-0.05, 0) is 59.8 Å². The summed E-state index contributed by atoms with van der Waals surface area (Å²) in [6.45, 7) is 0.964. The van der Waals surface area contributed by atoms with Gasteiger partial charge in [0, 0.05) is 5.54 Å². The van der Waals surface area contributed by atoms with E-state index in [1.807, 2.05) is 4.68 Å². The van der Waals surface area contributed by atoms with Gasteiger partial charge in [0.1, 0.15) is 6.33 Å². The third-order valence-electron chi connectivity index (χ3n) is 5.09. The van der Waals surface area contributed by atoms with Gasteiger partial charge in [0.15, 0.2) is 0 Å². The Morgan fingerprint density at radius 1 is 1.38 bits per heavy atom. The van der Waals surface area contributed by atoms with Crippen molar-refractivity contribution in [1.29, 1.82) is 0 Å². The van der Waals surface area contributed by atoms with Gasteiger partial charge in [0.25, 0.3) is 0 Å². The molecule has 4 aliphatic rings. The van der Waals surface area contributed by atoms with E-state index < -0.39 is 0 Å². The van der Waals surface area contributed by atoms with E-state index in [9.17, 15) is 0 Å². The molecule has 4 fully saturated rings. The molecule has 0 amide bonds. The molecule has 86 valence electrons. The minimum Gasteiger partial charge on any atom is -0.325 e. The molecule has 4 saturated carbocycles. The predicted molar refractivity (Wildman–Crippen MR) is 57.2 cm³/mol. The molecular formula is C11H17N5. The zero-order valence-corrected chi connectivity index (χ0v) is 9.34. The highest BCUT2D eigenvalue weighted by Gasteiger charge is 2.62.